The summed E-state index contributed by atoms with van der Waals surface area (Å²) in [5.41, 5.74) is 0.476. The van der Waals surface area contributed by atoms with E-state index in [0.29, 0.717) is 12.2 Å². The summed E-state index contributed by atoms with van der Waals surface area (Å²) < 4.78 is 5.85. The van der Waals surface area contributed by atoms with Gasteiger partial charge >= 0.3 is 5.97 Å². The van der Waals surface area contributed by atoms with Crippen LogP contribution in [0.15, 0.2) is 11.6 Å². The first kappa shape index (κ1) is 12.5. The molecule has 0 bridgehead atoms. The molecule has 1 N–H and O–H groups in total. The maximum absolute atomic E-state index is 11.2. The van der Waals surface area contributed by atoms with Crippen LogP contribution in [-0.2, 0) is 9.53 Å². The van der Waals surface area contributed by atoms with E-state index in [9.17, 15) is 9.90 Å². The summed E-state index contributed by atoms with van der Waals surface area (Å²) in [5.74, 6) is -0.819. The molecule has 1 aliphatic heterocycles. The van der Waals surface area contributed by atoms with Gasteiger partial charge in [-0.25, -0.2) is 4.79 Å². The van der Waals surface area contributed by atoms with Gasteiger partial charge < -0.3 is 9.84 Å². The fraction of sp³-hybridized carbons (Fsp3) is 0.727. The van der Waals surface area contributed by atoms with Gasteiger partial charge in [-0.15, -0.1) is 0 Å². The van der Waals surface area contributed by atoms with Crippen molar-refractivity contribution >= 4 is 14.8 Å². The quantitative estimate of drug-likeness (QED) is 0.593. The average molecular weight is 228 g/mol. The Morgan fingerprint density at radius 2 is 2.13 bits per heavy atom. The van der Waals surface area contributed by atoms with Crippen LogP contribution in [0.4, 0.5) is 0 Å². The first-order chi connectivity index (χ1) is 7.04. The zero-order valence-corrected chi connectivity index (χ0v) is 10.9. The minimum atomic E-state index is -1.19. The molecule has 1 unspecified atom stereocenters. The van der Waals surface area contributed by atoms with E-state index in [1.54, 1.807) is 13.0 Å². The predicted molar refractivity (Wildman–Crippen MR) is 62.8 cm³/mol. The van der Waals surface area contributed by atoms with Crippen LogP contribution in [0.1, 0.15) is 26.2 Å². The number of carbonyl (C=O) groups is 1. The second kappa shape index (κ2) is 4.94. The van der Waals surface area contributed by atoms with Crippen LogP contribution in [0.3, 0.4) is 0 Å². The molecule has 0 spiro atoms. The van der Waals surface area contributed by atoms with Crippen LogP contribution in [0, 0.1) is 0 Å². The molecule has 3 nitrogen and oxygen atoms in total. The van der Waals surface area contributed by atoms with Gasteiger partial charge in [0.1, 0.15) is 0 Å². The molecule has 4 heteroatoms. The molecule has 1 rings (SSSR count). The van der Waals surface area contributed by atoms with Gasteiger partial charge in [0.2, 0.25) is 0 Å². The van der Waals surface area contributed by atoms with Crippen LogP contribution >= 0.6 is 0 Å². The lowest BCUT2D eigenvalue weighted by Crippen LogP contribution is -2.50. The first-order valence-corrected chi connectivity index (χ1v) is 8.47. The molecule has 1 saturated heterocycles. The SMILES string of the molecule is CC=C(C(=O)O)C1([SiH](C)C)CCCCO1. The minimum Gasteiger partial charge on any atom is -0.478 e. The topological polar surface area (TPSA) is 46.5 Å². The van der Waals surface area contributed by atoms with Crippen molar-refractivity contribution in [3.63, 3.8) is 0 Å². The van der Waals surface area contributed by atoms with Crippen molar-refractivity contribution in [2.75, 3.05) is 6.61 Å². The molecule has 0 aromatic heterocycles. The highest BCUT2D eigenvalue weighted by molar-refractivity contribution is 6.61. The highest BCUT2D eigenvalue weighted by atomic mass is 28.3. The van der Waals surface area contributed by atoms with Crippen LogP contribution in [0.2, 0.25) is 13.1 Å². The highest BCUT2D eigenvalue weighted by Crippen LogP contribution is 2.34. The van der Waals surface area contributed by atoms with Crippen LogP contribution in [-0.4, -0.2) is 31.7 Å². The lowest BCUT2D eigenvalue weighted by Gasteiger charge is -2.40. The van der Waals surface area contributed by atoms with Gasteiger partial charge in [0, 0.05) is 6.61 Å². The molecule has 0 saturated carbocycles. The standard InChI is InChI=1S/C11H20O3Si/c1-4-9(10(12)13)11(15(2)3)7-5-6-8-14-11/h4,15H,5-8H2,1-3H3,(H,12,13). The lowest BCUT2D eigenvalue weighted by atomic mass is 10.00. The number of aliphatic carboxylic acids is 1. The second-order valence-electron chi connectivity index (χ2n) is 4.36. The molecule has 0 aliphatic carbocycles. The van der Waals surface area contributed by atoms with E-state index >= 15 is 0 Å². The van der Waals surface area contributed by atoms with Gasteiger partial charge in [-0.2, -0.15) is 0 Å². The van der Waals surface area contributed by atoms with Crippen LogP contribution in [0.25, 0.3) is 0 Å². The minimum absolute atomic E-state index is 0.432. The van der Waals surface area contributed by atoms with Crippen molar-refractivity contribution in [3.8, 4) is 0 Å². The number of hydrogen-bond acceptors (Lipinski definition) is 2. The molecule has 15 heavy (non-hydrogen) atoms. The van der Waals surface area contributed by atoms with E-state index in [0.717, 1.165) is 19.3 Å². The van der Waals surface area contributed by atoms with Crippen LogP contribution < -0.4 is 0 Å². The highest BCUT2D eigenvalue weighted by Gasteiger charge is 2.43. The molecule has 1 aliphatic rings. The molecule has 1 heterocycles. The molecule has 0 amide bonds. The Bertz CT molecular complexity index is 265. The van der Waals surface area contributed by atoms with Gasteiger partial charge in [0.25, 0.3) is 0 Å². The summed E-state index contributed by atoms with van der Waals surface area (Å²) in [4.78, 5) is 11.2. The zero-order chi connectivity index (χ0) is 11.5. The third-order valence-corrected chi connectivity index (χ3v) is 5.84. The molecule has 0 aromatic rings. The Labute approximate surface area is 92.7 Å². The number of ether oxygens (including phenoxy) is 1. The van der Waals surface area contributed by atoms with Crippen molar-refractivity contribution in [3.05, 3.63) is 11.6 Å². The van der Waals surface area contributed by atoms with Gasteiger partial charge in [-0.3, -0.25) is 0 Å². The number of carboxylic acids is 1. The molecule has 1 fully saturated rings. The third kappa shape index (κ3) is 2.31. The number of allylic oxidation sites excluding steroid dienone is 1. The van der Waals surface area contributed by atoms with Crippen molar-refractivity contribution in [2.24, 2.45) is 0 Å². The molecular formula is C11H20O3Si. The van der Waals surface area contributed by atoms with E-state index in [1.165, 1.54) is 0 Å². The van der Waals surface area contributed by atoms with E-state index in [-0.39, 0.29) is 0 Å². The number of carboxylic acid groups (broad SMARTS) is 1. The molecule has 0 aromatic carbocycles. The summed E-state index contributed by atoms with van der Waals surface area (Å²) in [6.07, 6.45) is 4.72. The molecule has 86 valence electrons. The molecular weight excluding hydrogens is 208 g/mol. The van der Waals surface area contributed by atoms with Crippen molar-refractivity contribution in [2.45, 2.75) is 44.5 Å². The Morgan fingerprint density at radius 3 is 2.47 bits per heavy atom. The van der Waals surface area contributed by atoms with Crippen molar-refractivity contribution < 1.29 is 14.6 Å². The first-order valence-electron chi connectivity index (χ1n) is 5.58. The average Bonchev–Trinajstić information content (AvgIpc) is 2.19. The Morgan fingerprint density at radius 1 is 1.47 bits per heavy atom. The fourth-order valence-electron chi connectivity index (χ4n) is 2.34. The van der Waals surface area contributed by atoms with Crippen molar-refractivity contribution in [1.29, 1.82) is 0 Å². The van der Waals surface area contributed by atoms with Gasteiger partial charge in [-0.05, 0) is 26.2 Å². The lowest BCUT2D eigenvalue weighted by molar-refractivity contribution is -0.135. The predicted octanol–water partition coefficient (Wildman–Crippen LogP) is 1.98. The van der Waals surface area contributed by atoms with Crippen molar-refractivity contribution in [1.82, 2.24) is 0 Å². The Kier molecular flexibility index (Phi) is 4.10. The Balaban J connectivity index is 3.04. The normalized spacial score (nSPS) is 28.1. The molecule has 1 atom stereocenters. The second-order valence-corrected chi connectivity index (χ2v) is 7.60. The van der Waals surface area contributed by atoms with E-state index < -0.39 is 20.0 Å². The van der Waals surface area contributed by atoms with E-state index in [4.69, 9.17) is 4.74 Å². The van der Waals surface area contributed by atoms with Gasteiger partial charge in [-0.1, -0.05) is 19.2 Å². The van der Waals surface area contributed by atoms with E-state index in [2.05, 4.69) is 13.1 Å². The Hall–Kier alpha value is -0.613. The summed E-state index contributed by atoms with van der Waals surface area (Å²) in [7, 11) is -1.19. The molecule has 0 radical (unpaired) electrons. The van der Waals surface area contributed by atoms with E-state index in [1.807, 2.05) is 0 Å². The van der Waals surface area contributed by atoms with Gasteiger partial charge in [0.05, 0.1) is 19.6 Å². The monoisotopic (exact) mass is 228 g/mol. The maximum atomic E-state index is 11.2. The zero-order valence-electron chi connectivity index (χ0n) is 9.75. The maximum Gasteiger partial charge on any atom is 0.333 e. The summed E-state index contributed by atoms with van der Waals surface area (Å²) in [6, 6.07) is 0. The fourth-order valence-corrected chi connectivity index (χ4v) is 4.49. The number of hydrogen-bond donors (Lipinski definition) is 1. The van der Waals surface area contributed by atoms with Gasteiger partial charge in [0.15, 0.2) is 0 Å². The summed E-state index contributed by atoms with van der Waals surface area (Å²) in [6.45, 7) is 6.82. The smallest absolute Gasteiger partial charge is 0.333 e. The van der Waals surface area contributed by atoms with Crippen LogP contribution in [0.5, 0.6) is 0 Å². The third-order valence-electron chi connectivity index (χ3n) is 3.21. The number of rotatable bonds is 3. The summed E-state index contributed by atoms with van der Waals surface area (Å²) >= 11 is 0. The largest absolute Gasteiger partial charge is 0.478 e. The summed E-state index contributed by atoms with van der Waals surface area (Å²) in [5, 5.41) is 8.78.